The van der Waals surface area contributed by atoms with Crippen LogP contribution in [0.25, 0.3) is 43.6 Å². The molecule has 0 unspecified atom stereocenters. The molecule has 0 saturated heterocycles. The molecule has 2 heterocycles. The minimum absolute atomic E-state index is 0.769. The van der Waals surface area contributed by atoms with Crippen molar-refractivity contribution in [1.29, 1.82) is 0 Å². The summed E-state index contributed by atoms with van der Waals surface area (Å²) in [7, 11) is 0. The molecule has 0 radical (unpaired) electrons. The first kappa shape index (κ1) is 11.5. The van der Waals surface area contributed by atoms with Crippen LogP contribution in [0.15, 0.2) is 48.5 Å². The third-order valence-corrected chi connectivity index (χ3v) is 4.36. The molecule has 0 amide bonds. The van der Waals surface area contributed by atoms with Crippen LogP contribution in [-0.2, 0) is 0 Å². The Kier molecular flexibility index (Phi) is 1.96. The Hall–Kier alpha value is -3.14. The first-order valence-electron chi connectivity index (χ1n) is 7.21. The lowest BCUT2D eigenvalue weighted by molar-refractivity contribution is 1.54. The molecule has 0 aliphatic carbocycles. The van der Waals surface area contributed by atoms with Crippen molar-refractivity contribution in [2.24, 2.45) is 0 Å². The molecule has 0 spiro atoms. The lowest BCUT2D eigenvalue weighted by atomic mass is 10.1. The fourth-order valence-corrected chi connectivity index (χ4v) is 3.34. The Morgan fingerprint density at radius 1 is 0.500 bits per heavy atom. The molecule has 106 valence electrons. The number of hydrogen-bond acceptors (Lipinski definition) is 2. The van der Waals surface area contributed by atoms with Crippen molar-refractivity contribution in [1.82, 2.24) is 9.97 Å². The van der Waals surface area contributed by atoms with E-state index >= 15 is 0 Å². The van der Waals surface area contributed by atoms with Gasteiger partial charge in [0.1, 0.15) is 0 Å². The fraction of sp³-hybridized carbons (Fsp3) is 0. The molecule has 2 aromatic heterocycles. The second-order valence-electron chi connectivity index (χ2n) is 5.80. The Balaban J connectivity index is 1.97. The summed E-state index contributed by atoms with van der Waals surface area (Å²) in [6, 6.07) is 16.3. The van der Waals surface area contributed by atoms with Gasteiger partial charge in [-0.3, -0.25) is 0 Å². The first-order chi connectivity index (χ1) is 10.7. The second-order valence-corrected chi connectivity index (χ2v) is 5.80. The number of rotatable bonds is 0. The van der Waals surface area contributed by atoms with Crippen LogP contribution in [-0.4, -0.2) is 9.97 Å². The highest BCUT2D eigenvalue weighted by Gasteiger charge is 2.10. The molecule has 5 rings (SSSR count). The van der Waals surface area contributed by atoms with Crippen LogP contribution >= 0.6 is 0 Å². The maximum absolute atomic E-state index is 5.88. The SMILES string of the molecule is Nc1ccc2c(c1)[nH]c1cc3c(cc12)[nH]c1cc(N)ccc13. The van der Waals surface area contributed by atoms with Gasteiger partial charge in [-0.25, -0.2) is 0 Å². The number of nitrogens with one attached hydrogen (secondary N) is 2. The standard InChI is InChI=1S/C18H14N4/c19-9-1-3-11-13-7-18-14(8-17(13)21-15(11)5-9)12-4-2-10(20)6-16(12)22-18/h1-8,21-22H,19-20H2. The van der Waals surface area contributed by atoms with Crippen molar-refractivity contribution < 1.29 is 0 Å². The summed E-state index contributed by atoms with van der Waals surface area (Å²) in [6.07, 6.45) is 0. The molecule has 0 aliphatic rings. The quantitative estimate of drug-likeness (QED) is 0.323. The number of nitrogen functional groups attached to an aromatic ring is 2. The zero-order chi connectivity index (χ0) is 14.8. The molecule has 4 nitrogen and oxygen atoms in total. The van der Waals surface area contributed by atoms with Crippen molar-refractivity contribution >= 4 is 55.0 Å². The Bertz CT molecular complexity index is 1100. The van der Waals surface area contributed by atoms with E-state index in [1.54, 1.807) is 0 Å². The number of H-pyrrole nitrogens is 2. The average Bonchev–Trinajstić information content (AvgIpc) is 3.00. The van der Waals surface area contributed by atoms with E-state index in [0.717, 1.165) is 33.4 Å². The van der Waals surface area contributed by atoms with Crippen molar-refractivity contribution in [3.05, 3.63) is 48.5 Å². The smallest absolute Gasteiger partial charge is 0.0485 e. The van der Waals surface area contributed by atoms with E-state index in [4.69, 9.17) is 11.5 Å². The van der Waals surface area contributed by atoms with Gasteiger partial charge in [-0.1, -0.05) is 12.1 Å². The molecule has 0 atom stereocenters. The molecule has 0 saturated carbocycles. The van der Waals surface area contributed by atoms with E-state index in [1.807, 2.05) is 24.3 Å². The monoisotopic (exact) mass is 286 g/mol. The topological polar surface area (TPSA) is 83.6 Å². The summed E-state index contributed by atoms with van der Waals surface area (Å²) < 4.78 is 0. The molecule has 5 aromatic rings. The van der Waals surface area contributed by atoms with Crippen LogP contribution in [0.2, 0.25) is 0 Å². The zero-order valence-corrected chi connectivity index (χ0v) is 11.8. The summed E-state index contributed by atoms with van der Waals surface area (Å²) in [4.78, 5) is 6.92. The van der Waals surface area contributed by atoms with Crippen LogP contribution in [0.3, 0.4) is 0 Å². The molecule has 3 aromatic carbocycles. The van der Waals surface area contributed by atoms with Gasteiger partial charge in [0.15, 0.2) is 0 Å². The molecular formula is C18H14N4. The van der Waals surface area contributed by atoms with E-state index in [0.29, 0.717) is 0 Å². The molecular weight excluding hydrogens is 272 g/mol. The number of aromatic amines is 2. The van der Waals surface area contributed by atoms with Gasteiger partial charge >= 0.3 is 0 Å². The lowest BCUT2D eigenvalue weighted by Gasteiger charge is -1.95. The van der Waals surface area contributed by atoms with Gasteiger partial charge < -0.3 is 21.4 Å². The van der Waals surface area contributed by atoms with Gasteiger partial charge in [-0.15, -0.1) is 0 Å². The van der Waals surface area contributed by atoms with Gasteiger partial charge in [0.05, 0.1) is 0 Å². The normalized spacial score (nSPS) is 12.0. The van der Waals surface area contributed by atoms with Crippen LogP contribution < -0.4 is 11.5 Å². The summed E-state index contributed by atoms with van der Waals surface area (Å²) in [5.41, 5.74) is 17.7. The predicted molar refractivity (Wildman–Crippen MR) is 94.0 cm³/mol. The average molecular weight is 286 g/mol. The summed E-state index contributed by atoms with van der Waals surface area (Å²) in [5.74, 6) is 0. The summed E-state index contributed by atoms with van der Waals surface area (Å²) in [6.45, 7) is 0. The minimum Gasteiger partial charge on any atom is -0.399 e. The number of benzene rings is 3. The van der Waals surface area contributed by atoms with Crippen LogP contribution in [0, 0.1) is 0 Å². The first-order valence-corrected chi connectivity index (χ1v) is 7.21. The lowest BCUT2D eigenvalue weighted by Crippen LogP contribution is -1.82. The number of fused-ring (bicyclic) bond motifs is 6. The Labute approximate surface area is 125 Å². The van der Waals surface area contributed by atoms with Gasteiger partial charge in [0.2, 0.25) is 0 Å². The van der Waals surface area contributed by atoms with Gasteiger partial charge in [0.25, 0.3) is 0 Å². The third kappa shape index (κ3) is 1.41. The number of anilines is 2. The number of aromatic nitrogens is 2. The molecule has 0 fully saturated rings. The third-order valence-electron chi connectivity index (χ3n) is 4.36. The van der Waals surface area contributed by atoms with Crippen LogP contribution in [0.1, 0.15) is 0 Å². The van der Waals surface area contributed by atoms with Crippen molar-refractivity contribution in [3.8, 4) is 0 Å². The van der Waals surface area contributed by atoms with Crippen molar-refractivity contribution in [3.63, 3.8) is 0 Å². The predicted octanol–water partition coefficient (Wildman–Crippen LogP) is 4.12. The van der Waals surface area contributed by atoms with E-state index in [2.05, 4.69) is 34.2 Å². The van der Waals surface area contributed by atoms with Crippen molar-refractivity contribution in [2.45, 2.75) is 0 Å². The molecule has 22 heavy (non-hydrogen) atoms. The second kappa shape index (κ2) is 3.74. The van der Waals surface area contributed by atoms with Gasteiger partial charge in [-0.05, 0) is 36.4 Å². The van der Waals surface area contributed by atoms with Gasteiger partial charge in [0, 0.05) is 55.0 Å². The van der Waals surface area contributed by atoms with Crippen LogP contribution in [0.5, 0.6) is 0 Å². The van der Waals surface area contributed by atoms with E-state index in [9.17, 15) is 0 Å². The van der Waals surface area contributed by atoms with Gasteiger partial charge in [-0.2, -0.15) is 0 Å². The largest absolute Gasteiger partial charge is 0.399 e. The molecule has 4 heteroatoms. The van der Waals surface area contributed by atoms with E-state index < -0.39 is 0 Å². The highest BCUT2D eigenvalue weighted by Crippen LogP contribution is 2.34. The molecule has 0 aliphatic heterocycles. The van der Waals surface area contributed by atoms with E-state index in [-0.39, 0.29) is 0 Å². The Morgan fingerprint density at radius 2 is 0.909 bits per heavy atom. The van der Waals surface area contributed by atoms with E-state index in [1.165, 1.54) is 21.5 Å². The molecule has 0 bridgehead atoms. The number of nitrogens with two attached hydrogens (primary N) is 2. The van der Waals surface area contributed by atoms with Crippen molar-refractivity contribution in [2.75, 3.05) is 11.5 Å². The maximum atomic E-state index is 5.88. The minimum atomic E-state index is 0.769. The summed E-state index contributed by atoms with van der Waals surface area (Å²) >= 11 is 0. The number of hydrogen-bond donors (Lipinski definition) is 4. The Morgan fingerprint density at radius 3 is 1.36 bits per heavy atom. The van der Waals surface area contributed by atoms with Crippen LogP contribution in [0.4, 0.5) is 11.4 Å². The zero-order valence-electron chi connectivity index (χ0n) is 11.8. The highest BCUT2D eigenvalue weighted by atomic mass is 14.7. The fourth-order valence-electron chi connectivity index (χ4n) is 3.34. The summed E-state index contributed by atoms with van der Waals surface area (Å²) in [5, 5.41) is 4.76. The molecule has 6 N–H and O–H groups in total. The maximum Gasteiger partial charge on any atom is 0.0485 e. The highest BCUT2D eigenvalue weighted by molar-refractivity contribution is 6.17.